The second kappa shape index (κ2) is 11.4. The van der Waals surface area contributed by atoms with Gasteiger partial charge in [0.25, 0.3) is 0 Å². The molecule has 28 heavy (non-hydrogen) atoms. The van der Waals surface area contributed by atoms with E-state index in [9.17, 15) is 9.90 Å². The molecule has 0 saturated heterocycles. The lowest BCUT2D eigenvalue weighted by Crippen LogP contribution is -2.27. The van der Waals surface area contributed by atoms with Gasteiger partial charge < -0.3 is 19.7 Å². The number of ether oxygens (including phenoxy) is 2. The third kappa shape index (κ3) is 6.50. The van der Waals surface area contributed by atoms with Crippen molar-refractivity contribution in [3.63, 3.8) is 0 Å². The molecule has 1 aliphatic carbocycles. The molecule has 5 nitrogen and oxygen atoms in total. The first kappa shape index (κ1) is 22.7. The Morgan fingerprint density at radius 3 is 2.82 bits per heavy atom. The summed E-state index contributed by atoms with van der Waals surface area (Å²) >= 11 is 6.48. The van der Waals surface area contributed by atoms with Crippen molar-refractivity contribution in [3.05, 3.63) is 41.5 Å². The van der Waals surface area contributed by atoms with Crippen LogP contribution in [0.5, 0.6) is 5.75 Å². The van der Waals surface area contributed by atoms with Gasteiger partial charge in [0.05, 0.1) is 19.3 Å². The molecule has 156 valence electrons. The van der Waals surface area contributed by atoms with Gasteiger partial charge in [0.2, 0.25) is 0 Å². The molecule has 2 rings (SSSR count). The van der Waals surface area contributed by atoms with E-state index in [1.165, 1.54) is 5.56 Å². The second-order valence-electron chi connectivity index (χ2n) is 7.35. The number of carbonyl (C=O) groups excluding carboxylic acids is 1. The Kier molecular flexibility index (Phi) is 9.29. The van der Waals surface area contributed by atoms with Crippen molar-refractivity contribution in [1.29, 1.82) is 0 Å². The number of alkyl halides is 1. The van der Waals surface area contributed by atoms with Crippen molar-refractivity contribution in [1.82, 2.24) is 0 Å². The number of hydrogen-bond acceptors (Lipinski definition) is 5. The lowest BCUT2D eigenvalue weighted by molar-refractivity contribution is -0.144. The maximum atomic E-state index is 11.4. The number of benzene rings is 1. The average Bonchev–Trinajstić information content (AvgIpc) is 2.93. The van der Waals surface area contributed by atoms with Gasteiger partial charge in [-0.3, -0.25) is 4.79 Å². The number of aliphatic hydroxyl groups is 2. The maximum absolute atomic E-state index is 11.4. The number of esters is 1. The van der Waals surface area contributed by atoms with Crippen LogP contribution >= 0.6 is 11.6 Å². The average molecular weight is 411 g/mol. The van der Waals surface area contributed by atoms with Crippen LogP contribution in [0.1, 0.15) is 36.8 Å². The Labute approximate surface area is 172 Å². The van der Waals surface area contributed by atoms with Gasteiger partial charge >= 0.3 is 5.97 Å². The molecule has 6 heteroatoms. The van der Waals surface area contributed by atoms with Crippen molar-refractivity contribution in [2.24, 2.45) is 11.8 Å². The van der Waals surface area contributed by atoms with Crippen LogP contribution in [0.4, 0.5) is 0 Å². The molecule has 4 atom stereocenters. The molecule has 0 aromatic heterocycles. The first-order chi connectivity index (χ1) is 13.4. The zero-order valence-corrected chi connectivity index (χ0v) is 17.4. The predicted octanol–water partition coefficient (Wildman–Crippen LogP) is 3.55. The molecule has 0 spiro atoms. The smallest absolute Gasteiger partial charge is 0.306 e. The molecule has 2 N–H and O–H groups in total. The number of allylic oxidation sites excluding steroid dienone is 2. The lowest BCUT2D eigenvalue weighted by Gasteiger charge is -2.23. The molecular formula is C22H31ClO5. The summed E-state index contributed by atoms with van der Waals surface area (Å²) in [5.41, 5.74) is 2.29. The lowest BCUT2D eigenvalue weighted by atomic mass is 9.92. The zero-order chi connectivity index (χ0) is 20.5. The van der Waals surface area contributed by atoms with Crippen LogP contribution in [0.15, 0.2) is 30.4 Å². The maximum Gasteiger partial charge on any atom is 0.306 e. The highest BCUT2D eigenvalue weighted by atomic mass is 35.5. The minimum absolute atomic E-state index is 0.0263. The van der Waals surface area contributed by atoms with Crippen molar-refractivity contribution < 1.29 is 24.5 Å². The third-order valence-electron chi connectivity index (χ3n) is 5.41. The van der Waals surface area contributed by atoms with Gasteiger partial charge in [0, 0.05) is 17.7 Å². The van der Waals surface area contributed by atoms with Crippen LogP contribution in [0.2, 0.25) is 0 Å². The Morgan fingerprint density at radius 1 is 1.29 bits per heavy atom. The Bertz CT molecular complexity index is 660. The summed E-state index contributed by atoms with van der Waals surface area (Å²) in [6, 6.07) is 5.97. The highest BCUT2D eigenvalue weighted by Gasteiger charge is 2.41. The minimum Gasteiger partial charge on any atom is -0.493 e. The van der Waals surface area contributed by atoms with E-state index in [1.807, 2.05) is 31.2 Å². The topological polar surface area (TPSA) is 76.0 Å². The number of rotatable bonds is 10. The highest BCUT2D eigenvalue weighted by molar-refractivity contribution is 6.21. The van der Waals surface area contributed by atoms with E-state index >= 15 is 0 Å². The van der Waals surface area contributed by atoms with E-state index in [2.05, 4.69) is 13.0 Å². The van der Waals surface area contributed by atoms with E-state index in [0.717, 1.165) is 17.7 Å². The van der Waals surface area contributed by atoms with Crippen molar-refractivity contribution >= 4 is 17.6 Å². The molecule has 1 aliphatic rings. The Hall–Kier alpha value is -1.56. The third-order valence-corrected chi connectivity index (χ3v) is 5.91. The van der Waals surface area contributed by atoms with Crippen LogP contribution in [-0.4, -0.2) is 47.5 Å². The highest BCUT2D eigenvalue weighted by Crippen LogP contribution is 2.39. The first-order valence-electron chi connectivity index (χ1n) is 9.86. The van der Waals surface area contributed by atoms with Gasteiger partial charge in [0.15, 0.2) is 0 Å². The molecule has 1 fully saturated rings. The summed E-state index contributed by atoms with van der Waals surface area (Å²) in [4.78, 5) is 11.4. The molecule has 0 unspecified atom stereocenters. The second-order valence-corrected chi connectivity index (χ2v) is 7.91. The predicted molar refractivity (Wildman–Crippen MR) is 110 cm³/mol. The molecule has 1 aromatic carbocycles. The number of aryl methyl sites for hydroxylation is 1. The fourth-order valence-corrected chi connectivity index (χ4v) is 4.03. The van der Waals surface area contributed by atoms with Gasteiger partial charge in [-0.25, -0.2) is 0 Å². The minimum atomic E-state index is -0.473. The van der Waals surface area contributed by atoms with E-state index in [1.54, 1.807) is 0 Å². The Morgan fingerprint density at radius 2 is 2.07 bits per heavy atom. The quantitative estimate of drug-likeness (QED) is 0.350. The summed E-state index contributed by atoms with van der Waals surface area (Å²) in [6.45, 7) is 4.40. The fourth-order valence-electron chi connectivity index (χ4n) is 3.56. The van der Waals surface area contributed by atoms with Gasteiger partial charge in [-0.2, -0.15) is 0 Å². The van der Waals surface area contributed by atoms with Crippen molar-refractivity contribution in [2.45, 2.75) is 51.0 Å². The van der Waals surface area contributed by atoms with Crippen LogP contribution in [0.25, 0.3) is 0 Å². The fraction of sp³-hybridized carbons (Fsp3) is 0.591. The normalized spacial score (nSPS) is 24.6. The van der Waals surface area contributed by atoms with Gasteiger partial charge in [0.1, 0.15) is 12.4 Å². The summed E-state index contributed by atoms with van der Waals surface area (Å²) in [6.07, 6.45) is 5.65. The van der Waals surface area contributed by atoms with Crippen LogP contribution in [0.3, 0.4) is 0 Å². The first-order valence-corrected chi connectivity index (χ1v) is 10.3. The molecule has 0 amide bonds. The van der Waals surface area contributed by atoms with Gasteiger partial charge in [-0.05, 0) is 56.2 Å². The van der Waals surface area contributed by atoms with Crippen LogP contribution in [-0.2, 0) is 9.53 Å². The summed E-state index contributed by atoms with van der Waals surface area (Å²) < 4.78 is 10.8. The SMILES string of the molecule is Cc1cccc(OC[C@@H]2[C@@H](C/C=C\CCC(=O)OCCO)[C@H](Cl)C[C@H]2O)c1C. The number of hydrogen-bond donors (Lipinski definition) is 2. The summed E-state index contributed by atoms with van der Waals surface area (Å²) in [5.74, 6) is 0.631. The van der Waals surface area contributed by atoms with E-state index in [-0.39, 0.29) is 42.8 Å². The van der Waals surface area contributed by atoms with E-state index < -0.39 is 6.10 Å². The largest absolute Gasteiger partial charge is 0.493 e. The number of aliphatic hydroxyl groups excluding tert-OH is 2. The van der Waals surface area contributed by atoms with Crippen molar-refractivity contribution in [2.75, 3.05) is 19.8 Å². The van der Waals surface area contributed by atoms with E-state index in [4.69, 9.17) is 26.2 Å². The molecule has 0 bridgehead atoms. The van der Waals surface area contributed by atoms with Crippen molar-refractivity contribution in [3.8, 4) is 5.75 Å². The Balaban J connectivity index is 1.85. The number of carbonyl (C=O) groups is 1. The molecule has 0 heterocycles. The zero-order valence-electron chi connectivity index (χ0n) is 16.6. The molecule has 0 radical (unpaired) electrons. The standard InChI is InChI=1S/C22H31ClO5/c1-15-7-6-9-21(16(15)2)28-14-18-17(19(23)13-20(18)25)8-4-3-5-10-22(26)27-12-11-24/h3-4,6-7,9,17-20,24-25H,5,8,10-14H2,1-2H3/b4-3-/t17-,18-,19-,20-/m1/s1. The molecular weight excluding hydrogens is 380 g/mol. The molecule has 0 aliphatic heterocycles. The summed E-state index contributed by atoms with van der Waals surface area (Å²) in [7, 11) is 0. The van der Waals surface area contributed by atoms with Crippen LogP contribution < -0.4 is 4.74 Å². The molecule has 1 aromatic rings. The van der Waals surface area contributed by atoms with Gasteiger partial charge in [-0.15, -0.1) is 11.6 Å². The number of halogens is 1. The van der Waals surface area contributed by atoms with Crippen LogP contribution in [0, 0.1) is 25.7 Å². The van der Waals surface area contributed by atoms with Gasteiger partial charge in [-0.1, -0.05) is 24.3 Å². The monoisotopic (exact) mass is 410 g/mol. The molecule has 1 saturated carbocycles. The van der Waals surface area contributed by atoms with E-state index in [0.29, 0.717) is 19.4 Å². The summed E-state index contributed by atoms with van der Waals surface area (Å²) in [5, 5.41) is 19.0.